The number of benzene rings is 1. The van der Waals surface area contributed by atoms with Crippen molar-refractivity contribution in [3.05, 3.63) is 28.2 Å². The fourth-order valence-corrected chi connectivity index (χ4v) is 2.70. The molecule has 1 heterocycles. The monoisotopic (exact) mass is 353 g/mol. The molecule has 2 aromatic rings. The number of halogens is 2. The van der Waals surface area contributed by atoms with Gasteiger partial charge >= 0.3 is 6.01 Å². The van der Waals surface area contributed by atoms with Crippen LogP contribution < -0.4 is 5.09 Å². The first-order chi connectivity index (χ1) is 9.47. The second kappa shape index (κ2) is 6.39. The van der Waals surface area contributed by atoms with E-state index in [-0.39, 0.29) is 11.9 Å². The number of hydrogen-bond donors (Lipinski definition) is 1. The van der Waals surface area contributed by atoms with Gasteiger partial charge < -0.3 is 13.5 Å². The highest BCUT2D eigenvalue weighted by Crippen LogP contribution is 2.46. The van der Waals surface area contributed by atoms with Gasteiger partial charge in [-0.1, -0.05) is 28.3 Å². The third kappa shape index (κ3) is 3.49. The van der Waals surface area contributed by atoms with E-state index in [1.54, 1.807) is 18.2 Å². The highest BCUT2D eigenvalue weighted by atomic mass is 35.5. The number of rotatable bonds is 5. The van der Waals surface area contributed by atoms with Gasteiger partial charge in [0.05, 0.1) is 10.6 Å². The van der Waals surface area contributed by atoms with E-state index in [2.05, 4.69) is 15.3 Å². The fourth-order valence-electron chi connectivity index (χ4n) is 1.32. The molecule has 0 aliphatic carbocycles. The van der Waals surface area contributed by atoms with Gasteiger partial charge in [-0.05, 0) is 30.0 Å². The molecule has 0 unspecified atom stereocenters. The highest BCUT2D eigenvalue weighted by molar-refractivity contribution is 8.10. The molecule has 0 fully saturated rings. The smallest absolute Gasteiger partial charge is 0.323 e. The van der Waals surface area contributed by atoms with E-state index in [0.717, 1.165) is 0 Å². The number of anilines is 1. The Labute approximate surface area is 130 Å². The zero-order valence-corrected chi connectivity index (χ0v) is 13.7. The predicted molar refractivity (Wildman–Crippen MR) is 81.7 cm³/mol. The second-order valence-electron chi connectivity index (χ2n) is 3.51. The summed E-state index contributed by atoms with van der Waals surface area (Å²) < 4.78 is 15.6. The quantitative estimate of drug-likeness (QED) is 0.815. The van der Waals surface area contributed by atoms with Gasteiger partial charge in [0.25, 0.3) is 12.5 Å². The van der Waals surface area contributed by atoms with Crippen molar-refractivity contribution in [2.24, 2.45) is 0 Å². The van der Waals surface area contributed by atoms with E-state index in [0.29, 0.717) is 15.6 Å². The Morgan fingerprint density at radius 2 is 1.95 bits per heavy atom. The topological polar surface area (TPSA) is 69.4 Å². The van der Waals surface area contributed by atoms with E-state index in [9.17, 15) is 0 Å². The molecule has 1 N–H and O–H groups in total. The summed E-state index contributed by atoms with van der Waals surface area (Å²) in [6.07, 6.45) is 0. The van der Waals surface area contributed by atoms with E-state index in [1.165, 1.54) is 14.2 Å². The minimum absolute atomic E-state index is 0.0954. The number of nitrogens with zero attached hydrogens (tertiary/aromatic N) is 2. The molecule has 0 atom stereocenters. The largest absolute Gasteiger partial charge is 0.403 e. The first-order valence-corrected chi connectivity index (χ1v) is 8.65. The Hall–Kier alpha value is -0.690. The lowest BCUT2D eigenvalue weighted by Gasteiger charge is -2.16. The van der Waals surface area contributed by atoms with Crippen molar-refractivity contribution in [3.8, 4) is 11.5 Å². The SMILES string of the molecule is COP(=S)(Nc1nnc(-c2ccc(Cl)cc2Cl)o1)OC. The molecule has 0 saturated carbocycles. The third-order valence-corrected chi connectivity index (χ3v) is 5.44. The fraction of sp³-hybridized carbons (Fsp3) is 0.200. The van der Waals surface area contributed by atoms with Crippen LogP contribution in [0.1, 0.15) is 0 Å². The molecule has 0 aliphatic heterocycles. The molecule has 0 spiro atoms. The summed E-state index contributed by atoms with van der Waals surface area (Å²) in [5.41, 5.74) is 0.569. The molecule has 10 heteroatoms. The Bertz CT molecular complexity index is 659. The minimum atomic E-state index is -2.67. The molecule has 0 amide bonds. The van der Waals surface area contributed by atoms with Gasteiger partial charge in [0.15, 0.2) is 0 Å². The Balaban J connectivity index is 2.27. The molecule has 108 valence electrons. The van der Waals surface area contributed by atoms with Gasteiger partial charge in [-0.3, -0.25) is 5.09 Å². The van der Waals surface area contributed by atoms with Crippen molar-refractivity contribution >= 4 is 47.7 Å². The molecular formula is C10H10Cl2N3O3PS. The number of aromatic nitrogens is 2. The lowest BCUT2D eigenvalue weighted by atomic mass is 10.2. The van der Waals surface area contributed by atoms with Crippen molar-refractivity contribution in [1.29, 1.82) is 0 Å². The highest BCUT2D eigenvalue weighted by Gasteiger charge is 2.20. The van der Waals surface area contributed by atoms with E-state index < -0.39 is 6.64 Å². The third-order valence-electron chi connectivity index (χ3n) is 2.30. The lowest BCUT2D eigenvalue weighted by Crippen LogP contribution is -2.00. The summed E-state index contributed by atoms with van der Waals surface area (Å²) in [6, 6.07) is 5.04. The summed E-state index contributed by atoms with van der Waals surface area (Å²) in [7, 11) is 2.87. The summed E-state index contributed by atoms with van der Waals surface area (Å²) >= 11 is 17.0. The van der Waals surface area contributed by atoms with Gasteiger partial charge in [0.1, 0.15) is 0 Å². The van der Waals surface area contributed by atoms with Crippen molar-refractivity contribution < 1.29 is 13.5 Å². The van der Waals surface area contributed by atoms with Crippen LogP contribution in [-0.4, -0.2) is 24.4 Å². The van der Waals surface area contributed by atoms with Crippen LogP contribution in [0.15, 0.2) is 22.6 Å². The number of nitrogens with one attached hydrogen (secondary N) is 1. The lowest BCUT2D eigenvalue weighted by molar-refractivity contribution is 0.341. The Morgan fingerprint density at radius 3 is 2.55 bits per heavy atom. The maximum Gasteiger partial charge on any atom is 0.323 e. The van der Waals surface area contributed by atoms with Crippen molar-refractivity contribution in [1.82, 2.24) is 10.2 Å². The minimum Gasteiger partial charge on any atom is -0.403 e. The zero-order chi connectivity index (χ0) is 14.8. The van der Waals surface area contributed by atoms with Crippen molar-refractivity contribution in [3.63, 3.8) is 0 Å². The predicted octanol–water partition coefficient (Wildman–Crippen LogP) is 3.97. The summed E-state index contributed by atoms with van der Waals surface area (Å²) in [4.78, 5) is 0. The average Bonchev–Trinajstić information content (AvgIpc) is 2.86. The van der Waals surface area contributed by atoms with Crippen LogP contribution in [0.4, 0.5) is 6.01 Å². The Morgan fingerprint density at radius 1 is 1.25 bits per heavy atom. The zero-order valence-electron chi connectivity index (χ0n) is 10.5. The Kier molecular flexibility index (Phi) is 5.01. The van der Waals surface area contributed by atoms with Crippen LogP contribution in [0.3, 0.4) is 0 Å². The van der Waals surface area contributed by atoms with E-state index in [1.807, 2.05) is 0 Å². The second-order valence-corrected chi connectivity index (χ2v) is 7.75. The summed E-state index contributed by atoms with van der Waals surface area (Å²) in [6.45, 7) is -2.67. The molecule has 6 nitrogen and oxygen atoms in total. The molecule has 1 aromatic carbocycles. The van der Waals surface area contributed by atoms with Gasteiger partial charge in [0.2, 0.25) is 0 Å². The van der Waals surface area contributed by atoms with Crippen LogP contribution in [0.25, 0.3) is 11.5 Å². The van der Waals surface area contributed by atoms with Gasteiger partial charge in [0, 0.05) is 19.2 Å². The summed E-state index contributed by atoms with van der Waals surface area (Å²) in [5.74, 6) is 0.239. The molecule has 0 saturated heterocycles. The molecule has 0 radical (unpaired) electrons. The maximum absolute atomic E-state index is 6.07. The molecule has 0 bridgehead atoms. The molecule has 0 aliphatic rings. The van der Waals surface area contributed by atoms with Crippen molar-refractivity contribution in [2.45, 2.75) is 0 Å². The molecule has 1 aromatic heterocycles. The van der Waals surface area contributed by atoms with Crippen LogP contribution in [0.2, 0.25) is 10.0 Å². The van der Waals surface area contributed by atoms with Crippen molar-refractivity contribution in [2.75, 3.05) is 19.3 Å². The molecule has 20 heavy (non-hydrogen) atoms. The van der Waals surface area contributed by atoms with Crippen LogP contribution in [0.5, 0.6) is 0 Å². The average molecular weight is 354 g/mol. The maximum atomic E-state index is 6.07. The molecule has 2 rings (SSSR count). The van der Waals surface area contributed by atoms with E-state index in [4.69, 9.17) is 48.5 Å². The normalized spacial score (nSPS) is 11.6. The first-order valence-electron chi connectivity index (χ1n) is 5.26. The van der Waals surface area contributed by atoms with Gasteiger partial charge in [-0.25, -0.2) is 0 Å². The summed E-state index contributed by atoms with van der Waals surface area (Å²) in [5, 5.41) is 11.4. The van der Waals surface area contributed by atoms with Crippen LogP contribution in [-0.2, 0) is 20.9 Å². The van der Waals surface area contributed by atoms with Gasteiger partial charge in [-0.2, -0.15) is 0 Å². The van der Waals surface area contributed by atoms with Gasteiger partial charge in [-0.15, -0.1) is 5.10 Å². The standard InChI is InChI=1S/C10H10Cl2N3O3PS/c1-16-19(20,17-2)15-10-14-13-9(18-10)7-4-3-6(11)5-8(7)12/h3-5H,1-2H3,(H,14,15,20). The molecular weight excluding hydrogens is 344 g/mol. The van der Waals surface area contributed by atoms with Crippen LogP contribution >= 0.6 is 29.8 Å². The number of hydrogen-bond acceptors (Lipinski definition) is 6. The first kappa shape index (κ1) is 15.7. The van der Waals surface area contributed by atoms with E-state index >= 15 is 0 Å². The van der Waals surface area contributed by atoms with Crippen LogP contribution in [0, 0.1) is 0 Å².